The van der Waals surface area contributed by atoms with Crippen LogP contribution in [0.1, 0.15) is 11.7 Å². The van der Waals surface area contributed by atoms with Crippen molar-refractivity contribution in [1.82, 2.24) is 0 Å². The third kappa shape index (κ3) is 5.16. The highest BCUT2D eigenvalue weighted by atomic mass is 32.2. The number of methoxy groups -OCH3 is 2. The molecule has 0 saturated carbocycles. The normalized spacial score (nSPS) is 12.1. The van der Waals surface area contributed by atoms with Crippen LogP contribution in [0.5, 0.6) is 5.75 Å². The second-order valence-corrected chi connectivity index (χ2v) is 8.06. The van der Waals surface area contributed by atoms with E-state index in [0.29, 0.717) is 17.1 Å². The van der Waals surface area contributed by atoms with Gasteiger partial charge in [-0.05, 0) is 54.1 Å². The summed E-state index contributed by atoms with van der Waals surface area (Å²) in [6.45, 7) is 0. The first-order valence-corrected chi connectivity index (χ1v) is 10.6. The van der Waals surface area contributed by atoms with Gasteiger partial charge in [-0.3, -0.25) is 9.52 Å². The molecule has 0 saturated heterocycles. The minimum Gasteiger partial charge on any atom is -0.497 e. The molecule has 30 heavy (non-hydrogen) atoms. The molecule has 2 N–H and O–H groups in total. The molecule has 0 bridgehead atoms. The summed E-state index contributed by atoms with van der Waals surface area (Å²) >= 11 is 0. The van der Waals surface area contributed by atoms with Gasteiger partial charge in [0, 0.05) is 18.5 Å². The minimum atomic E-state index is -3.77. The van der Waals surface area contributed by atoms with E-state index in [1.807, 2.05) is 18.2 Å². The zero-order chi connectivity index (χ0) is 21.6. The summed E-state index contributed by atoms with van der Waals surface area (Å²) < 4.78 is 38.0. The molecule has 0 aromatic heterocycles. The first-order chi connectivity index (χ1) is 14.4. The van der Waals surface area contributed by atoms with E-state index >= 15 is 0 Å². The van der Waals surface area contributed by atoms with E-state index in [9.17, 15) is 13.2 Å². The standard InChI is InChI=1S/C22H22N2O5S/c1-28-19-12-8-18(9-13-19)24-30(26,27)20-14-10-17(11-15-20)23-22(25)21(29-2)16-6-4-3-5-7-16/h3-15,21,24H,1-2H3,(H,23,25)/t21-/m1/s1. The van der Waals surface area contributed by atoms with Crippen molar-refractivity contribution in [3.63, 3.8) is 0 Å². The van der Waals surface area contributed by atoms with E-state index < -0.39 is 16.1 Å². The summed E-state index contributed by atoms with van der Waals surface area (Å²) in [7, 11) is -0.778. The summed E-state index contributed by atoms with van der Waals surface area (Å²) in [6, 6.07) is 21.5. The molecule has 0 aliphatic carbocycles. The average molecular weight is 426 g/mol. The van der Waals surface area contributed by atoms with Gasteiger partial charge in [0.1, 0.15) is 5.75 Å². The lowest BCUT2D eigenvalue weighted by Gasteiger charge is -2.16. The number of rotatable bonds is 8. The van der Waals surface area contributed by atoms with Crippen LogP contribution >= 0.6 is 0 Å². The molecule has 3 aromatic carbocycles. The smallest absolute Gasteiger partial charge is 0.261 e. The zero-order valence-corrected chi connectivity index (χ0v) is 17.3. The van der Waals surface area contributed by atoms with Gasteiger partial charge < -0.3 is 14.8 Å². The summed E-state index contributed by atoms with van der Waals surface area (Å²) in [5.74, 6) is 0.276. The van der Waals surface area contributed by atoms with Gasteiger partial charge >= 0.3 is 0 Å². The lowest BCUT2D eigenvalue weighted by Crippen LogP contribution is -2.22. The van der Waals surface area contributed by atoms with Gasteiger partial charge in [0.15, 0.2) is 6.10 Å². The second-order valence-electron chi connectivity index (χ2n) is 6.37. The van der Waals surface area contributed by atoms with E-state index in [0.717, 1.165) is 5.56 Å². The molecule has 0 radical (unpaired) electrons. The van der Waals surface area contributed by atoms with Crippen molar-refractivity contribution in [2.75, 3.05) is 24.3 Å². The summed E-state index contributed by atoms with van der Waals surface area (Å²) in [6.07, 6.45) is -0.772. The maximum Gasteiger partial charge on any atom is 0.261 e. The SMILES string of the molecule is COc1ccc(NS(=O)(=O)c2ccc(NC(=O)[C@H](OC)c3ccccc3)cc2)cc1. The molecule has 0 unspecified atom stereocenters. The highest BCUT2D eigenvalue weighted by Gasteiger charge is 2.20. The first-order valence-electron chi connectivity index (χ1n) is 9.08. The number of anilines is 2. The van der Waals surface area contributed by atoms with Gasteiger partial charge in [0.05, 0.1) is 12.0 Å². The number of carbonyl (C=O) groups is 1. The summed E-state index contributed by atoms with van der Waals surface area (Å²) in [5, 5.41) is 2.74. The number of amides is 1. The number of hydrogen-bond donors (Lipinski definition) is 2. The molecule has 0 heterocycles. The number of ether oxygens (including phenoxy) is 2. The fourth-order valence-electron chi connectivity index (χ4n) is 2.82. The Balaban J connectivity index is 1.69. The molecule has 0 aliphatic heterocycles. The Labute approximate surface area is 175 Å². The number of carbonyl (C=O) groups excluding carboxylic acids is 1. The molecule has 3 rings (SSSR count). The van der Waals surface area contributed by atoms with E-state index in [4.69, 9.17) is 9.47 Å². The number of nitrogens with one attached hydrogen (secondary N) is 2. The highest BCUT2D eigenvalue weighted by molar-refractivity contribution is 7.92. The highest BCUT2D eigenvalue weighted by Crippen LogP contribution is 2.22. The Kier molecular flexibility index (Phi) is 6.71. The second kappa shape index (κ2) is 9.43. The van der Waals surface area contributed by atoms with Crippen LogP contribution in [-0.2, 0) is 19.6 Å². The van der Waals surface area contributed by atoms with E-state index in [-0.39, 0.29) is 10.8 Å². The van der Waals surface area contributed by atoms with Gasteiger partial charge in [0.2, 0.25) is 0 Å². The topological polar surface area (TPSA) is 93.7 Å². The molecule has 156 valence electrons. The number of sulfonamides is 1. The maximum absolute atomic E-state index is 12.6. The molecule has 0 spiro atoms. The van der Waals surface area contributed by atoms with Crippen LogP contribution in [-0.4, -0.2) is 28.5 Å². The van der Waals surface area contributed by atoms with Crippen LogP contribution in [0, 0.1) is 0 Å². The summed E-state index contributed by atoms with van der Waals surface area (Å²) in [4.78, 5) is 12.6. The lowest BCUT2D eigenvalue weighted by molar-refractivity contribution is -0.126. The summed E-state index contributed by atoms with van der Waals surface area (Å²) in [5.41, 5.74) is 1.60. The van der Waals surface area contributed by atoms with Crippen molar-refractivity contribution in [1.29, 1.82) is 0 Å². The van der Waals surface area contributed by atoms with Crippen LogP contribution in [0.3, 0.4) is 0 Å². The van der Waals surface area contributed by atoms with Crippen LogP contribution in [0.4, 0.5) is 11.4 Å². The molecular weight excluding hydrogens is 404 g/mol. The molecule has 1 atom stereocenters. The van der Waals surface area contributed by atoms with E-state index in [1.165, 1.54) is 38.5 Å². The van der Waals surface area contributed by atoms with Crippen molar-refractivity contribution in [3.05, 3.63) is 84.4 Å². The third-order valence-corrected chi connectivity index (χ3v) is 5.75. The molecule has 1 amide bonds. The van der Waals surface area contributed by atoms with Crippen molar-refractivity contribution < 1.29 is 22.7 Å². The Morgan fingerprint density at radius 1 is 0.833 bits per heavy atom. The number of hydrogen-bond acceptors (Lipinski definition) is 5. The monoisotopic (exact) mass is 426 g/mol. The molecule has 8 heteroatoms. The van der Waals surface area contributed by atoms with Gasteiger partial charge in [0.25, 0.3) is 15.9 Å². The van der Waals surface area contributed by atoms with Crippen LogP contribution < -0.4 is 14.8 Å². The number of benzene rings is 3. The molecule has 3 aromatic rings. The quantitative estimate of drug-likeness (QED) is 0.571. The molecule has 0 aliphatic rings. The molecule has 7 nitrogen and oxygen atoms in total. The van der Waals surface area contributed by atoms with Gasteiger partial charge in [-0.15, -0.1) is 0 Å². The third-order valence-electron chi connectivity index (χ3n) is 4.35. The molecule has 0 fully saturated rings. The van der Waals surface area contributed by atoms with Crippen molar-refractivity contribution in [2.45, 2.75) is 11.0 Å². The average Bonchev–Trinajstić information content (AvgIpc) is 2.76. The predicted octanol–water partition coefficient (Wildman–Crippen LogP) is 3.82. The minimum absolute atomic E-state index is 0.0719. The van der Waals surface area contributed by atoms with Gasteiger partial charge in [-0.1, -0.05) is 30.3 Å². The molecular formula is C22H22N2O5S. The fraction of sp³-hybridized carbons (Fsp3) is 0.136. The van der Waals surface area contributed by atoms with Gasteiger partial charge in [-0.2, -0.15) is 0 Å². The Bertz CT molecular complexity index is 1080. The largest absolute Gasteiger partial charge is 0.497 e. The predicted molar refractivity (Wildman–Crippen MR) is 115 cm³/mol. The van der Waals surface area contributed by atoms with Gasteiger partial charge in [-0.25, -0.2) is 8.42 Å². The van der Waals surface area contributed by atoms with Crippen molar-refractivity contribution in [2.24, 2.45) is 0 Å². The van der Waals surface area contributed by atoms with E-state index in [1.54, 1.807) is 36.4 Å². The lowest BCUT2D eigenvalue weighted by atomic mass is 10.1. The van der Waals surface area contributed by atoms with Crippen molar-refractivity contribution >= 4 is 27.3 Å². The maximum atomic E-state index is 12.6. The Morgan fingerprint density at radius 3 is 2.00 bits per heavy atom. The fourth-order valence-corrected chi connectivity index (χ4v) is 3.88. The first kappa shape index (κ1) is 21.4. The van der Waals surface area contributed by atoms with Crippen LogP contribution in [0.2, 0.25) is 0 Å². The van der Waals surface area contributed by atoms with Crippen molar-refractivity contribution in [3.8, 4) is 5.75 Å². The Morgan fingerprint density at radius 2 is 1.43 bits per heavy atom. The van der Waals surface area contributed by atoms with Crippen LogP contribution in [0.25, 0.3) is 0 Å². The zero-order valence-electron chi connectivity index (χ0n) is 16.5. The van der Waals surface area contributed by atoms with E-state index in [2.05, 4.69) is 10.0 Å². The Hall–Kier alpha value is -3.36. The van der Waals surface area contributed by atoms with Crippen LogP contribution in [0.15, 0.2) is 83.8 Å².